The highest BCUT2D eigenvalue weighted by Gasteiger charge is 2.34. The minimum Gasteiger partial charge on any atom is -0.488 e. The zero-order valence-corrected chi connectivity index (χ0v) is 22.0. The van der Waals surface area contributed by atoms with Crippen LogP contribution in [-0.2, 0) is 11.2 Å². The first-order chi connectivity index (χ1) is 17.4. The lowest BCUT2D eigenvalue weighted by Crippen LogP contribution is -2.48. The van der Waals surface area contributed by atoms with E-state index in [2.05, 4.69) is 13.8 Å². The van der Waals surface area contributed by atoms with Gasteiger partial charge in [0.05, 0.1) is 16.6 Å². The Morgan fingerprint density at radius 3 is 2.69 bits per heavy atom. The van der Waals surface area contributed by atoms with Crippen LogP contribution in [-0.4, -0.2) is 47.9 Å². The number of thiophene rings is 1. The molecule has 0 aliphatic carbocycles. The van der Waals surface area contributed by atoms with Crippen LogP contribution in [0.5, 0.6) is 5.75 Å². The fourth-order valence-corrected chi connectivity index (χ4v) is 5.53. The summed E-state index contributed by atoms with van der Waals surface area (Å²) in [6, 6.07) is 14.8. The van der Waals surface area contributed by atoms with E-state index in [0.717, 1.165) is 18.4 Å². The average Bonchev–Trinajstić information content (AvgIpc) is 3.36. The van der Waals surface area contributed by atoms with E-state index < -0.39 is 5.82 Å². The number of hydrogen-bond acceptors (Lipinski definition) is 4. The van der Waals surface area contributed by atoms with E-state index in [-0.39, 0.29) is 42.7 Å². The van der Waals surface area contributed by atoms with Gasteiger partial charge in [-0.25, -0.2) is 4.39 Å². The summed E-state index contributed by atoms with van der Waals surface area (Å²) in [5.41, 5.74) is 1.40. The van der Waals surface area contributed by atoms with Crippen molar-refractivity contribution in [2.24, 2.45) is 5.92 Å². The molecule has 0 N–H and O–H groups in total. The molecule has 0 saturated heterocycles. The Bertz CT molecular complexity index is 1220. The SMILES string of the molecule is CC[C@@H](C)CN(CC(=O)N1CCc2sccc2[C@@H]1COc1ccccc1F)C(=O)c1ccccc1Cl. The third-order valence-corrected chi connectivity index (χ3v) is 7.92. The molecule has 0 radical (unpaired) electrons. The van der Waals surface area contributed by atoms with E-state index in [1.807, 2.05) is 11.4 Å². The third kappa shape index (κ3) is 5.90. The van der Waals surface area contributed by atoms with Crippen LogP contribution in [0.15, 0.2) is 60.0 Å². The fourth-order valence-electron chi connectivity index (χ4n) is 4.39. The van der Waals surface area contributed by atoms with Gasteiger partial charge in [-0.05, 0) is 53.6 Å². The summed E-state index contributed by atoms with van der Waals surface area (Å²) in [6.07, 6.45) is 1.61. The number of carbonyl (C=O) groups excluding carboxylic acids is 2. The average molecular weight is 529 g/mol. The van der Waals surface area contributed by atoms with Crippen molar-refractivity contribution in [3.8, 4) is 5.75 Å². The molecule has 3 aromatic rings. The minimum absolute atomic E-state index is 0.0654. The van der Waals surface area contributed by atoms with Crippen molar-refractivity contribution in [1.29, 1.82) is 0 Å². The van der Waals surface area contributed by atoms with Crippen molar-refractivity contribution in [1.82, 2.24) is 9.80 Å². The summed E-state index contributed by atoms with van der Waals surface area (Å²) in [6.45, 7) is 5.13. The molecule has 0 bridgehead atoms. The van der Waals surface area contributed by atoms with E-state index in [0.29, 0.717) is 23.7 Å². The second kappa shape index (κ2) is 11.9. The van der Waals surface area contributed by atoms with Crippen molar-refractivity contribution in [3.05, 3.63) is 86.8 Å². The summed E-state index contributed by atoms with van der Waals surface area (Å²) in [7, 11) is 0. The van der Waals surface area contributed by atoms with Crippen LogP contribution in [0.4, 0.5) is 4.39 Å². The quantitative estimate of drug-likeness (QED) is 0.330. The van der Waals surface area contributed by atoms with Gasteiger partial charge in [-0.15, -0.1) is 11.3 Å². The molecule has 2 heterocycles. The summed E-state index contributed by atoms with van der Waals surface area (Å²) >= 11 is 7.96. The number of rotatable bonds is 9. The topological polar surface area (TPSA) is 49.9 Å². The minimum atomic E-state index is -0.443. The standard InChI is InChI=1S/C28H30ClFN2O3S/c1-3-19(2)16-31(28(34)20-8-4-5-9-22(20)29)17-27(33)32-14-12-26-21(13-15-36-26)24(32)18-35-25-11-7-6-10-23(25)30/h4-11,13,15,19,24H,3,12,14,16-18H2,1-2H3/t19-,24+/m1/s1. The molecule has 8 heteroatoms. The van der Waals surface area contributed by atoms with Gasteiger partial charge in [0.25, 0.3) is 5.91 Å². The van der Waals surface area contributed by atoms with Gasteiger partial charge in [0.2, 0.25) is 5.91 Å². The summed E-state index contributed by atoms with van der Waals surface area (Å²) < 4.78 is 20.0. The van der Waals surface area contributed by atoms with Crippen LogP contribution < -0.4 is 4.74 Å². The first-order valence-electron chi connectivity index (χ1n) is 12.2. The Morgan fingerprint density at radius 1 is 1.19 bits per heavy atom. The maximum Gasteiger partial charge on any atom is 0.255 e. The number of hydrogen-bond donors (Lipinski definition) is 0. The van der Waals surface area contributed by atoms with Gasteiger partial charge < -0.3 is 14.5 Å². The van der Waals surface area contributed by atoms with Gasteiger partial charge in [-0.2, -0.15) is 0 Å². The number of amides is 2. The predicted molar refractivity (Wildman–Crippen MR) is 141 cm³/mol. The molecular formula is C28H30ClFN2O3S. The highest BCUT2D eigenvalue weighted by atomic mass is 35.5. The molecule has 0 spiro atoms. The first-order valence-corrected chi connectivity index (χ1v) is 13.4. The molecule has 2 aromatic carbocycles. The third-order valence-electron chi connectivity index (χ3n) is 6.60. The molecular weight excluding hydrogens is 499 g/mol. The van der Waals surface area contributed by atoms with Crippen molar-refractivity contribution >= 4 is 34.8 Å². The zero-order valence-electron chi connectivity index (χ0n) is 20.5. The smallest absolute Gasteiger partial charge is 0.255 e. The maximum atomic E-state index is 14.2. The van der Waals surface area contributed by atoms with Gasteiger partial charge in [-0.3, -0.25) is 9.59 Å². The number of nitrogens with zero attached hydrogens (tertiary/aromatic N) is 2. The van der Waals surface area contributed by atoms with Crippen molar-refractivity contribution < 1.29 is 18.7 Å². The Labute approximate surface area is 220 Å². The number of carbonyl (C=O) groups is 2. The van der Waals surface area contributed by atoms with E-state index in [1.165, 1.54) is 10.9 Å². The molecule has 36 heavy (non-hydrogen) atoms. The lowest BCUT2D eigenvalue weighted by Gasteiger charge is -2.37. The summed E-state index contributed by atoms with van der Waals surface area (Å²) in [5, 5.41) is 2.37. The van der Waals surface area contributed by atoms with E-state index in [1.54, 1.807) is 63.6 Å². The summed E-state index contributed by atoms with van der Waals surface area (Å²) in [4.78, 5) is 31.7. The van der Waals surface area contributed by atoms with Crippen LogP contribution >= 0.6 is 22.9 Å². The Kier molecular flexibility index (Phi) is 8.64. The van der Waals surface area contributed by atoms with Gasteiger partial charge in [0.1, 0.15) is 13.2 Å². The Hall–Kier alpha value is -2.90. The highest BCUT2D eigenvalue weighted by molar-refractivity contribution is 7.10. The highest BCUT2D eigenvalue weighted by Crippen LogP contribution is 2.34. The van der Waals surface area contributed by atoms with Crippen LogP contribution in [0, 0.1) is 11.7 Å². The van der Waals surface area contributed by atoms with Gasteiger partial charge >= 0.3 is 0 Å². The predicted octanol–water partition coefficient (Wildman–Crippen LogP) is 6.23. The maximum absolute atomic E-state index is 14.2. The molecule has 0 saturated carbocycles. The molecule has 1 aliphatic heterocycles. The van der Waals surface area contributed by atoms with Crippen molar-refractivity contribution in [3.63, 3.8) is 0 Å². The van der Waals surface area contributed by atoms with Crippen LogP contribution in [0.2, 0.25) is 5.02 Å². The van der Waals surface area contributed by atoms with Gasteiger partial charge in [0.15, 0.2) is 11.6 Å². The molecule has 2 amide bonds. The first kappa shape index (κ1) is 26.2. The van der Waals surface area contributed by atoms with E-state index >= 15 is 0 Å². The number of benzene rings is 2. The molecule has 4 rings (SSSR count). The molecule has 2 atom stereocenters. The van der Waals surface area contributed by atoms with Crippen molar-refractivity contribution in [2.75, 3.05) is 26.2 Å². The number of fused-ring (bicyclic) bond motifs is 1. The van der Waals surface area contributed by atoms with Gasteiger partial charge in [0, 0.05) is 18.0 Å². The largest absolute Gasteiger partial charge is 0.488 e. The second-order valence-electron chi connectivity index (χ2n) is 9.07. The second-order valence-corrected chi connectivity index (χ2v) is 10.5. The molecule has 0 fully saturated rings. The lowest BCUT2D eigenvalue weighted by molar-refractivity contribution is -0.135. The molecule has 1 aliphatic rings. The Morgan fingerprint density at radius 2 is 1.94 bits per heavy atom. The fraction of sp³-hybridized carbons (Fsp3) is 0.357. The van der Waals surface area contributed by atoms with E-state index in [4.69, 9.17) is 16.3 Å². The lowest BCUT2D eigenvalue weighted by atomic mass is 10.00. The molecule has 1 aromatic heterocycles. The Balaban J connectivity index is 1.56. The van der Waals surface area contributed by atoms with Crippen LogP contribution in [0.25, 0.3) is 0 Å². The van der Waals surface area contributed by atoms with Crippen LogP contribution in [0.1, 0.15) is 47.1 Å². The van der Waals surface area contributed by atoms with Crippen molar-refractivity contribution in [2.45, 2.75) is 32.7 Å². The number of para-hydroxylation sites is 1. The molecule has 0 unspecified atom stereocenters. The molecule has 190 valence electrons. The van der Waals surface area contributed by atoms with Crippen LogP contribution in [0.3, 0.4) is 0 Å². The number of halogens is 2. The summed E-state index contributed by atoms with van der Waals surface area (Å²) in [5.74, 6) is -0.505. The van der Waals surface area contributed by atoms with E-state index in [9.17, 15) is 14.0 Å². The monoisotopic (exact) mass is 528 g/mol. The number of ether oxygens (including phenoxy) is 1. The van der Waals surface area contributed by atoms with Gasteiger partial charge in [-0.1, -0.05) is 56.1 Å². The normalized spacial score (nSPS) is 15.8. The zero-order chi connectivity index (χ0) is 25.7. The molecule has 5 nitrogen and oxygen atoms in total.